The first kappa shape index (κ1) is 15.4. The van der Waals surface area contributed by atoms with Crippen molar-refractivity contribution in [2.45, 2.75) is 64.4 Å². The van der Waals surface area contributed by atoms with Crippen molar-refractivity contribution in [2.75, 3.05) is 13.2 Å². The minimum absolute atomic E-state index is 0.0742. The zero-order valence-electron chi connectivity index (χ0n) is 12.9. The molecule has 1 aliphatic rings. The van der Waals surface area contributed by atoms with Crippen LogP contribution in [0.2, 0.25) is 0 Å². The molecular formula is C15H27N3O2. The second-order valence-electron chi connectivity index (χ2n) is 5.98. The lowest BCUT2D eigenvalue weighted by Gasteiger charge is -2.35. The highest BCUT2D eigenvalue weighted by Crippen LogP contribution is 2.40. The van der Waals surface area contributed by atoms with Gasteiger partial charge in [-0.1, -0.05) is 19.0 Å². The molecule has 1 aromatic rings. The zero-order chi connectivity index (χ0) is 14.6. The first-order valence-corrected chi connectivity index (χ1v) is 7.81. The topological polar surface area (TPSA) is 74.2 Å². The van der Waals surface area contributed by atoms with Gasteiger partial charge in [-0.25, -0.2) is 0 Å². The summed E-state index contributed by atoms with van der Waals surface area (Å²) in [5.41, 5.74) is 5.91. The van der Waals surface area contributed by atoms with Gasteiger partial charge in [0.2, 0.25) is 11.7 Å². The van der Waals surface area contributed by atoms with E-state index in [0.717, 1.165) is 25.2 Å². The van der Waals surface area contributed by atoms with Crippen molar-refractivity contribution in [2.24, 2.45) is 11.7 Å². The van der Waals surface area contributed by atoms with Crippen LogP contribution in [0.4, 0.5) is 0 Å². The third-order valence-electron chi connectivity index (χ3n) is 4.54. The van der Waals surface area contributed by atoms with Crippen molar-refractivity contribution in [1.82, 2.24) is 10.1 Å². The van der Waals surface area contributed by atoms with Crippen LogP contribution in [0.3, 0.4) is 0 Å². The molecule has 1 aliphatic carbocycles. The van der Waals surface area contributed by atoms with Gasteiger partial charge in [0.15, 0.2) is 0 Å². The summed E-state index contributed by atoms with van der Waals surface area (Å²) in [7, 11) is 0. The Kier molecular flexibility index (Phi) is 5.16. The first-order valence-electron chi connectivity index (χ1n) is 7.81. The Hall–Kier alpha value is -0.940. The third-order valence-corrected chi connectivity index (χ3v) is 4.54. The zero-order valence-corrected chi connectivity index (χ0v) is 12.9. The van der Waals surface area contributed by atoms with Gasteiger partial charge in [-0.05, 0) is 44.9 Å². The summed E-state index contributed by atoms with van der Waals surface area (Å²) in [6, 6.07) is 0. The molecule has 0 aliphatic heterocycles. The van der Waals surface area contributed by atoms with E-state index in [4.69, 9.17) is 15.0 Å². The molecule has 114 valence electrons. The number of rotatable bonds is 6. The molecule has 0 aromatic carbocycles. The van der Waals surface area contributed by atoms with Crippen LogP contribution in [0, 0.1) is 5.92 Å². The van der Waals surface area contributed by atoms with E-state index in [2.05, 4.69) is 24.0 Å². The third kappa shape index (κ3) is 3.04. The van der Waals surface area contributed by atoms with Crippen LogP contribution in [0.25, 0.3) is 0 Å². The number of ether oxygens (including phenoxy) is 1. The highest BCUT2D eigenvalue weighted by Gasteiger charge is 2.40. The molecule has 20 heavy (non-hydrogen) atoms. The van der Waals surface area contributed by atoms with E-state index >= 15 is 0 Å². The van der Waals surface area contributed by atoms with E-state index in [9.17, 15) is 0 Å². The number of nitrogens with two attached hydrogens (primary N) is 1. The SMILES string of the molecule is CCOC(CC)c1noc(C2(CN)CCC(C)CC2)n1. The average Bonchev–Trinajstić information content (AvgIpc) is 2.96. The predicted molar refractivity (Wildman–Crippen MR) is 77.3 cm³/mol. The molecule has 1 unspecified atom stereocenters. The highest BCUT2D eigenvalue weighted by atomic mass is 16.5. The van der Waals surface area contributed by atoms with Crippen LogP contribution in [-0.2, 0) is 10.2 Å². The quantitative estimate of drug-likeness (QED) is 0.867. The van der Waals surface area contributed by atoms with Gasteiger partial charge < -0.3 is 15.0 Å². The Morgan fingerprint density at radius 1 is 1.40 bits per heavy atom. The minimum atomic E-state index is -0.123. The van der Waals surface area contributed by atoms with Gasteiger partial charge in [-0.2, -0.15) is 4.98 Å². The predicted octanol–water partition coefficient (Wildman–Crippen LogP) is 2.96. The van der Waals surface area contributed by atoms with E-state index in [1.54, 1.807) is 0 Å². The first-order chi connectivity index (χ1) is 9.65. The van der Waals surface area contributed by atoms with Crippen molar-refractivity contribution < 1.29 is 9.26 Å². The molecule has 5 heteroatoms. The fourth-order valence-corrected chi connectivity index (χ4v) is 2.98. The monoisotopic (exact) mass is 281 g/mol. The van der Waals surface area contributed by atoms with Crippen LogP contribution < -0.4 is 5.73 Å². The number of nitrogens with zero attached hydrogens (tertiary/aromatic N) is 2. The van der Waals surface area contributed by atoms with Crippen LogP contribution in [0.15, 0.2) is 4.52 Å². The smallest absolute Gasteiger partial charge is 0.234 e. The van der Waals surface area contributed by atoms with Gasteiger partial charge in [-0.3, -0.25) is 0 Å². The van der Waals surface area contributed by atoms with Crippen molar-refractivity contribution in [3.8, 4) is 0 Å². The lowest BCUT2D eigenvalue weighted by Crippen LogP contribution is -2.39. The van der Waals surface area contributed by atoms with E-state index in [1.165, 1.54) is 12.8 Å². The van der Waals surface area contributed by atoms with Crippen LogP contribution in [0.1, 0.15) is 70.7 Å². The Morgan fingerprint density at radius 2 is 2.10 bits per heavy atom. The molecule has 0 amide bonds. The molecular weight excluding hydrogens is 254 g/mol. The molecule has 0 radical (unpaired) electrons. The Labute approximate surface area is 121 Å². The van der Waals surface area contributed by atoms with Gasteiger partial charge in [0.25, 0.3) is 0 Å². The number of aromatic nitrogens is 2. The van der Waals surface area contributed by atoms with Gasteiger partial charge in [0, 0.05) is 13.2 Å². The molecule has 0 saturated heterocycles. The second-order valence-corrected chi connectivity index (χ2v) is 5.98. The fourth-order valence-electron chi connectivity index (χ4n) is 2.98. The maximum Gasteiger partial charge on any atom is 0.234 e. The average molecular weight is 281 g/mol. The maximum absolute atomic E-state index is 6.03. The van der Waals surface area contributed by atoms with Crippen molar-refractivity contribution in [3.05, 3.63) is 11.7 Å². The normalized spacial score (nSPS) is 28.5. The summed E-state index contributed by atoms with van der Waals surface area (Å²) in [5.74, 6) is 2.14. The summed E-state index contributed by atoms with van der Waals surface area (Å²) >= 11 is 0. The second kappa shape index (κ2) is 6.68. The number of hydrogen-bond donors (Lipinski definition) is 1. The van der Waals surface area contributed by atoms with Gasteiger partial charge >= 0.3 is 0 Å². The van der Waals surface area contributed by atoms with E-state index in [1.807, 2.05) is 6.92 Å². The van der Waals surface area contributed by atoms with Crippen LogP contribution >= 0.6 is 0 Å². The van der Waals surface area contributed by atoms with Crippen LogP contribution in [-0.4, -0.2) is 23.3 Å². The Bertz CT molecular complexity index is 411. The minimum Gasteiger partial charge on any atom is -0.370 e. The highest BCUT2D eigenvalue weighted by molar-refractivity contribution is 5.09. The summed E-state index contributed by atoms with van der Waals surface area (Å²) in [6.45, 7) is 7.57. The molecule has 0 spiro atoms. The summed E-state index contributed by atoms with van der Waals surface area (Å²) in [4.78, 5) is 4.61. The molecule has 1 atom stereocenters. The molecule has 5 nitrogen and oxygen atoms in total. The fraction of sp³-hybridized carbons (Fsp3) is 0.867. The van der Waals surface area contributed by atoms with E-state index < -0.39 is 0 Å². The summed E-state index contributed by atoms with van der Waals surface area (Å²) in [5, 5.41) is 4.13. The number of hydrogen-bond acceptors (Lipinski definition) is 5. The van der Waals surface area contributed by atoms with Gasteiger partial charge in [-0.15, -0.1) is 0 Å². The molecule has 1 fully saturated rings. The van der Waals surface area contributed by atoms with Crippen LogP contribution in [0.5, 0.6) is 0 Å². The Balaban J connectivity index is 2.17. The molecule has 2 rings (SSSR count). The van der Waals surface area contributed by atoms with E-state index in [-0.39, 0.29) is 11.5 Å². The molecule has 1 aromatic heterocycles. The summed E-state index contributed by atoms with van der Waals surface area (Å²) < 4.78 is 11.2. The Morgan fingerprint density at radius 3 is 2.65 bits per heavy atom. The van der Waals surface area contributed by atoms with Crippen molar-refractivity contribution >= 4 is 0 Å². The van der Waals surface area contributed by atoms with Gasteiger partial charge in [0.1, 0.15) is 6.10 Å². The standard InChI is InChI=1S/C15H27N3O2/c1-4-12(19-5-2)13-17-14(20-18-13)15(10-16)8-6-11(3)7-9-15/h11-12H,4-10,16H2,1-3H3. The largest absolute Gasteiger partial charge is 0.370 e. The lowest BCUT2D eigenvalue weighted by atomic mass is 9.71. The van der Waals surface area contributed by atoms with Crippen molar-refractivity contribution in [1.29, 1.82) is 0 Å². The molecule has 2 N–H and O–H groups in total. The molecule has 1 heterocycles. The summed E-state index contributed by atoms with van der Waals surface area (Å²) in [6.07, 6.45) is 5.21. The lowest BCUT2D eigenvalue weighted by molar-refractivity contribution is 0.0518. The van der Waals surface area contributed by atoms with E-state index in [0.29, 0.717) is 24.9 Å². The molecule has 0 bridgehead atoms. The molecule has 1 saturated carbocycles. The van der Waals surface area contributed by atoms with Crippen molar-refractivity contribution in [3.63, 3.8) is 0 Å². The maximum atomic E-state index is 6.03. The van der Waals surface area contributed by atoms with Gasteiger partial charge in [0.05, 0.1) is 5.41 Å².